The third-order valence-corrected chi connectivity index (χ3v) is 5.04. The van der Waals surface area contributed by atoms with Gasteiger partial charge in [-0.25, -0.2) is 9.78 Å². The van der Waals surface area contributed by atoms with E-state index >= 15 is 0 Å². The predicted octanol–water partition coefficient (Wildman–Crippen LogP) is 4.37. The lowest BCUT2D eigenvalue weighted by Gasteiger charge is -2.05. The number of hydrogen-bond donors (Lipinski definition) is 2. The van der Waals surface area contributed by atoms with E-state index in [1.54, 1.807) is 0 Å². The Hall–Kier alpha value is -2.65. The number of H-pyrrole nitrogens is 1. The number of carboxylic acid groups (broad SMARTS) is 1. The normalized spacial score (nSPS) is 12.2. The van der Waals surface area contributed by atoms with E-state index in [0.29, 0.717) is 10.6 Å². The van der Waals surface area contributed by atoms with Crippen LogP contribution in [-0.2, 0) is 0 Å². The van der Waals surface area contributed by atoms with Crippen LogP contribution in [-0.4, -0.2) is 21.0 Å². The molecule has 0 saturated carbocycles. The van der Waals surface area contributed by atoms with Gasteiger partial charge in [-0.05, 0) is 30.5 Å². The van der Waals surface area contributed by atoms with E-state index in [1.165, 1.54) is 6.20 Å². The first-order valence-corrected chi connectivity index (χ1v) is 8.12. The second kappa shape index (κ2) is 5.86. The standard InChI is InChI=1S/C17H15N3O2S/c1-3-9(2)15-12(7-18)11-6-10(4-5-13(11)20-15)16-19-8-14(23-16)17(21)22/h4-6,8-9,20H,3H2,1-2H3,(H,21,22). The minimum atomic E-state index is -0.978. The van der Waals surface area contributed by atoms with E-state index in [-0.39, 0.29) is 10.8 Å². The third kappa shape index (κ3) is 2.60. The topological polar surface area (TPSA) is 89.8 Å². The summed E-state index contributed by atoms with van der Waals surface area (Å²) in [4.78, 5) is 18.7. The Kier molecular flexibility index (Phi) is 3.89. The van der Waals surface area contributed by atoms with Crippen LogP contribution in [0.25, 0.3) is 21.5 Å². The van der Waals surface area contributed by atoms with Crippen molar-refractivity contribution in [1.82, 2.24) is 9.97 Å². The van der Waals surface area contributed by atoms with E-state index in [2.05, 4.69) is 29.9 Å². The van der Waals surface area contributed by atoms with Crippen molar-refractivity contribution in [2.24, 2.45) is 0 Å². The maximum absolute atomic E-state index is 11.0. The summed E-state index contributed by atoms with van der Waals surface area (Å²) in [5.41, 5.74) is 3.34. The Morgan fingerprint density at radius 1 is 1.52 bits per heavy atom. The first-order valence-electron chi connectivity index (χ1n) is 7.30. The molecule has 1 atom stereocenters. The van der Waals surface area contributed by atoms with Crippen LogP contribution in [0.2, 0.25) is 0 Å². The molecule has 0 aliphatic heterocycles. The van der Waals surface area contributed by atoms with Gasteiger partial charge in [0.1, 0.15) is 16.0 Å². The van der Waals surface area contributed by atoms with Crippen molar-refractivity contribution < 1.29 is 9.90 Å². The largest absolute Gasteiger partial charge is 0.477 e. The Labute approximate surface area is 137 Å². The van der Waals surface area contributed by atoms with Crippen molar-refractivity contribution in [3.05, 3.63) is 40.5 Å². The number of carboxylic acids is 1. The minimum Gasteiger partial charge on any atom is -0.477 e. The molecule has 1 unspecified atom stereocenters. The predicted molar refractivity (Wildman–Crippen MR) is 89.8 cm³/mol. The lowest BCUT2D eigenvalue weighted by atomic mass is 10.00. The molecule has 0 spiro atoms. The second-order valence-electron chi connectivity index (χ2n) is 5.43. The Morgan fingerprint density at radius 2 is 2.30 bits per heavy atom. The number of aromatic amines is 1. The fourth-order valence-electron chi connectivity index (χ4n) is 2.55. The molecule has 3 aromatic rings. The molecule has 5 nitrogen and oxygen atoms in total. The molecule has 2 heterocycles. The van der Waals surface area contributed by atoms with Gasteiger partial charge >= 0.3 is 5.97 Å². The van der Waals surface area contributed by atoms with E-state index in [9.17, 15) is 10.1 Å². The quantitative estimate of drug-likeness (QED) is 0.745. The summed E-state index contributed by atoms with van der Waals surface area (Å²) in [6.45, 7) is 4.18. The Morgan fingerprint density at radius 3 is 2.91 bits per heavy atom. The SMILES string of the molecule is CCC(C)c1[nH]c2ccc(-c3ncc(C(=O)O)s3)cc2c1C#N. The number of rotatable bonds is 4. The third-order valence-electron chi connectivity index (χ3n) is 4.01. The second-order valence-corrected chi connectivity index (χ2v) is 6.46. The molecular weight excluding hydrogens is 310 g/mol. The van der Waals surface area contributed by atoms with Gasteiger partial charge in [0, 0.05) is 22.2 Å². The molecule has 0 fully saturated rings. The number of thiazole rings is 1. The van der Waals surface area contributed by atoms with E-state index < -0.39 is 5.97 Å². The van der Waals surface area contributed by atoms with Gasteiger partial charge in [-0.1, -0.05) is 13.8 Å². The van der Waals surface area contributed by atoms with Crippen LogP contribution in [0.15, 0.2) is 24.4 Å². The molecule has 3 rings (SSSR count). The Balaban J connectivity index is 2.14. The molecule has 116 valence electrons. The molecular formula is C17H15N3O2S. The molecule has 6 heteroatoms. The number of carbonyl (C=O) groups is 1. The highest BCUT2D eigenvalue weighted by molar-refractivity contribution is 7.16. The number of aromatic carboxylic acids is 1. The molecule has 0 saturated heterocycles. The van der Waals surface area contributed by atoms with E-state index in [4.69, 9.17) is 5.11 Å². The molecule has 0 radical (unpaired) electrons. The van der Waals surface area contributed by atoms with Gasteiger partial charge in [0.05, 0.1) is 11.8 Å². The zero-order valence-corrected chi connectivity index (χ0v) is 13.6. The van der Waals surface area contributed by atoms with Gasteiger partial charge in [0.15, 0.2) is 0 Å². The lowest BCUT2D eigenvalue weighted by Crippen LogP contribution is -1.94. The van der Waals surface area contributed by atoms with Gasteiger partial charge in [-0.15, -0.1) is 11.3 Å². The molecule has 0 amide bonds. The van der Waals surface area contributed by atoms with Crippen molar-refractivity contribution in [2.45, 2.75) is 26.2 Å². The molecule has 1 aromatic carbocycles. The van der Waals surface area contributed by atoms with Crippen LogP contribution < -0.4 is 0 Å². The average Bonchev–Trinajstić information content (AvgIpc) is 3.17. The zero-order chi connectivity index (χ0) is 16.6. The summed E-state index contributed by atoms with van der Waals surface area (Å²) in [6.07, 6.45) is 2.31. The van der Waals surface area contributed by atoms with Gasteiger partial charge in [-0.2, -0.15) is 5.26 Å². The first kappa shape index (κ1) is 15.3. The van der Waals surface area contributed by atoms with E-state index in [1.807, 2.05) is 18.2 Å². The highest BCUT2D eigenvalue weighted by Gasteiger charge is 2.17. The summed E-state index contributed by atoms with van der Waals surface area (Å²) >= 11 is 1.13. The molecule has 0 aliphatic rings. The van der Waals surface area contributed by atoms with Gasteiger partial charge in [0.2, 0.25) is 0 Å². The van der Waals surface area contributed by atoms with Crippen LogP contribution in [0.4, 0.5) is 0 Å². The fraction of sp³-hybridized carbons (Fsp3) is 0.235. The molecule has 23 heavy (non-hydrogen) atoms. The number of hydrogen-bond acceptors (Lipinski definition) is 4. The van der Waals surface area contributed by atoms with Crippen LogP contribution >= 0.6 is 11.3 Å². The number of nitrogens with one attached hydrogen (secondary N) is 1. The van der Waals surface area contributed by atoms with Crippen molar-refractivity contribution in [3.63, 3.8) is 0 Å². The monoisotopic (exact) mass is 325 g/mol. The maximum atomic E-state index is 11.0. The smallest absolute Gasteiger partial charge is 0.347 e. The molecule has 2 aromatic heterocycles. The lowest BCUT2D eigenvalue weighted by molar-refractivity contribution is 0.0702. The zero-order valence-electron chi connectivity index (χ0n) is 12.8. The maximum Gasteiger partial charge on any atom is 0.347 e. The minimum absolute atomic E-state index is 0.204. The number of fused-ring (bicyclic) bond motifs is 1. The van der Waals surface area contributed by atoms with Crippen LogP contribution in [0.3, 0.4) is 0 Å². The number of nitrogens with zero attached hydrogens (tertiary/aromatic N) is 2. The van der Waals surface area contributed by atoms with Crippen molar-refractivity contribution in [3.8, 4) is 16.6 Å². The molecule has 0 bridgehead atoms. The van der Waals surface area contributed by atoms with Crippen LogP contribution in [0.1, 0.15) is 47.1 Å². The molecule has 0 aliphatic carbocycles. The van der Waals surface area contributed by atoms with Gasteiger partial charge in [0.25, 0.3) is 0 Å². The summed E-state index contributed by atoms with van der Waals surface area (Å²) in [5, 5.41) is 20.0. The highest BCUT2D eigenvalue weighted by atomic mass is 32.1. The summed E-state index contributed by atoms with van der Waals surface area (Å²) in [6, 6.07) is 8.01. The highest BCUT2D eigenvalue weighted by Crippen LogP contribution is 2.33. The number of aromatic nitrogens is 2. The van der Waals surface area contributed by atoms with Crippen molar-refractivity contribution in [2.75, 3.05) is 0 Å². The number of benzene rings is 1. The summed E-state index contributed by atoms with van der Waals surface area (Å²) in [5.74, 6) is -0.702. The van der Waals surface area contributed by atoms with Gasteiger partial charge < -0.3 is 10.1 Å². The first-order chi connectivity index (χ1) is 11.0. The molecule has 2 N–H and O–H groups in total. The Bertz CT molecular complexity index is 933. The van der Waals surface area contributed by atoms with Crippen LogP contribution in [0.5, 0.6) is 0 Å². The average molecular weight is 325 g/mol. The van der Waals surface area contributed by atoms with Crippen molar-refractivity contribution >= 4 is 28.2 Å². The fourth-order valence-corrected chi connectivity index (χ4v) is 3.30. The van der Waals surface area contributed by atoms with Crippen molar-refractivity contribution in [1.29, 1.82) is 5.26 Å². The van der Waals surface area contributed by atoms with Crippen LogP contribution in [0, 0.1) is 11.3 Å². The summed E-state index contributed by atoms with van der Waals surface area (Å²) in [7, 11) is 0. The van der Waals surface area contributed by atoms with Gasteiger partial charge in [-0.3, -0.25) is 0 Å². The van der Waals surface area contributed by atoms with E-state index in [0.717, 1.165) is 39.9 Å². The number of nitriles is 1. The summed E-state index contributed by atoms with van der Waals surface area (Å²) < 4.78 is 0.